The van der Waals surface area contributed by atoms with Gasteiger partial charge >= 0.3 is 0 Å². The zero-order valence-electron chi connectivity index (χ0n) is 7.65. The number of para-hydroxylation sites is 1. The zero-order chi connectivity index (χ0) is 9.84. The molecule has 0 aliphatic heterocycles. The lowest BCUT2D eigenvalue weighted by molar-refractivity contribution is 0.236. The summed E-state index contributed by atoms with van der Waals surface area (Å²) >= 11 is 5.00. The number of thiocarbonyl (C=S) groups is 1. The highest BCUT2D eigenvalue weighted by Crippen LogP contribution is 2.17. The third-order valence-electron chi connectivity index (χ3n) is 1.47. The van der Waals surface area contributed by atoms with Crippen LogP contribution in [-0.4, -0.2) is 16.3 Å². The highest BCUT2D eigenvalue weighted by molar-refractivity contribution is 7.80. The molecule has 13 heavy (non-hydrogen) atoms. The van der Waals surface area contributed by atoms with Crippen molar-refractivity contribution in [3.8, 4) is 5.75 Å². The van der Waals surface area contributed by atoms with Crippen molar-refractivity contribution in [1.29, 1.82) is 0 Å². The molecule has 0 amide bonds. The van der Waals surface area contributed by atoms with Gasteiger partial charge in [0.25, 0.3) is 0 Å². The molecule has 0 atom stereocenters. The van der Waals surface area contributed by atoms with E-state index in [0.717, 1.165) is 0 Å². The van der Waals surface area contributed by atoms with Gasteiger partial charge in [0, 0.05) is 0 Å². The molecule has 0 aliphatic rings. The molecule has 1 aromatic carbocycles. The van der Waals surface area contributed by atoms with Gasteiger partial charge in [-0.25, -0.2) is 0 Å². The largest absolute Gasteiger partial charge is 0.507 e. The summed E-state index contributed by atoms with van der Waals surface area (Å²) in [6, 6.07) is 6.88. The van der Waals surface area contributed by atoms with Crippen LogP contribution in [-0.2, 0) is 4.74 Å². The molecule has 0 fully saturated rings. The van der Waals surface area contributed by atoms with E-state index in [1.54, 1.807) is 18.2 Å². The number of hydrogen-bond donors (Lipinski definition) is 1. The summed E-state index contributed by atoms with van der Waals surface area (Å²) in [5.74, 6) is 0.160. The molecule has 1 N–H and O–H groups in total. The van der Waals surface area contributed by atoms with Gasteiger partial charge in [0.05, 0.1) is 11.7 Å². The van der Waals surface area contributed by atoms with E-state index in [4.69, 9.17) is 17.0 Å². The van der Waals surface area contributed by atoms with Crippen LogP contribution in [0.3, 0.4) is 0 Å². The van der Waals surface area contributed by atoms with Crippen LogP contribution in [0, 0.1) is 0 Å². The molecule has 0 saturated heterocycles. The fraction of sp³-hybridized carbons (Fsp3) is 0.300. The van der Waals surface area contributed by atoms with Crippen molar-refractivity contribution in [1.82, 2.24) is 0 Å². The lowest BCUT2D eigenvalue weighted by atomic mass is 10.2. The first-order valence-electron chi connectivity index (χ1n) is 4.10. The number of rotatable bonds is 2. The van der Waals surface area contributed by atoms with Crippen molar-refractivity contribution < 1.29 is 9.84 Å². The van der Waals surface area contributed by atoms with Crippen molar-refractivity contribution in [2.24, 2.45) is 0 Å². The molecule has 1 rings (SSSR count). The van der Waals surface area contributed by atoms with Gasteiger partial charge in [0.1, 0.15) is 5.75 Å². The van der Waals surface area contributed by atoms with E-state index in [1.165, 1.54) is 0 Å². The Morgan fingerprint density at radius 3 is 2.54 bits per heavy atom. The molecule has 70 valence electrons. The Kier molecular flexibility index (Phi) is 3.25. The first kappa shape index (κ1) is 9.99. The van der Waals surface area contributed by atoms with Crippen molar-refractivity contribution in [3.05, 3.63) is 29.8 Å². The molecule has 0 aliphatic carbocycles. The molecule has 0 aromatic heterocycles. The van der Waals surface area contributed by atoms with E-state index in [-0.39, 0.29) is 11.9 Å². The van der Waals surface area contributed by atoms with Crippen LogP contribution in [0.2, 0.25) is 0 Å². The number of hydrogen-bond acceptors (Lipinski definition) is 3. The third-order valence-corrected chi connectivity index (χ3v) is 1.78. The van der Waals surface area contributed by atoms with Gasteiger partial charge in [-0.2, -0.15) is 0 Å². The van der Waals surface area contributed by atoms with Gasteiger partial charge in [0.15, 0.2) is 5.05 Å². The fourth-order valence-corrected chi connectivity index (χ4v) is 1.29. The van der Waals surface area contributed by atoms with Crippen LogP contribution in [0.5, 0.6) is 5.75 Å². The summed E-state index contributed by atoms with van der Waals surface area (Å²) in [5.41, 5.74) is 0.575. The van der Waals surface area contributed by atoms with Gasteiger partial charge in [-0.15, -0.1) is 0 Å². The molecule has 0 unspecified atom stereocenters. The summed E-state index contributed by atoms with van der Waals surface area (Å²) in [7, 11) is 0. The Morgan fingerprint density at radius 1 is 1.38 bits per heavy atom. The number of benzene rings is 1. The van der Waals surface area contributed by atoms with E-state index >= 15 is 0 Å². The fourth-order valence-electron chi connectivity index (χ4n) is 0.924. The summed E-state index contributed by atoms with van der Waals surface area (Å²) in [4.78, 5) is 0. The predicted molar refractivity (Wildman–Crippen MR) is 56.0 cm³/mol. The molecular weight excluding hydrogens is 184 g/mol. The van der Waals surface area contributed by atoms with Gasteiger partial charge < -0.3 is 9.84 Å². The van der Waals surface area contributed by atoms with E-state index in [0.29, 0.717) is 10.6 Å². The zero-order valence-corrected chi connectivity index (χ0v) is 8.47. The Bertz CT molecular complexity index is 308. The minimum absolute atomic E-state index is 0.0344. The molecule has 2 nitrogen and oxygen atoms in total. The third kappa shape index (κ3) is 2.70. The molecular formula is C10H12O2S. The monoisotopic (exact) mass is 196 g/mol. The molecule has 0 heterocycles. The standard InChI is InChI=1S/C10H12O2S/c1-7(2)12-10(13)8-5-3-4-6-9(8)11/h3-7,11H,1-2H3. The SMILES string of the molecule is CC(C)OC(=S)c1ccccc1O. The minimum atomic E-state index is 0.0344. The molecule has 0 spiro atoms. The van der Waals surface area contributed by atoms with Crippen LogP contribution in [0.1, 0.15) is 19.4 Å². The van der Waals surface area contributed by atoms with Crippen molar-refractivity contribution in [2.75, 3.05) is 0 Å². The number of phenolic OH excluding ortho intramolecular Hbond substituents is 1. The van der Waals surface area contributed by atoms with Crippen molar-refractivity contribution in [3.63, 3.8) is 0 Å². The first-order valence-corrected chi connectivity index (χ1v) is 4.51. The Morgan fingerprint density at radius 2 is 2.00 bits per heavy atom. The Labute approximate surface area is 83.2 Å². The van der Waals surface area contributed by atoms with Gasteiger partial charge in [0.2, 0.25) is 0 Å². The van der Waals surface area contributed by atoms with Crippen LogP contribution in [0.4, 0.5) is 0 Å². The second kappa shape index (κ2) is 4.23. The average Bonchev–Trinajstić information content (AvgIpc) is 2.03. The van der Waals surface area contributed by atoms with E-state index in [1.807, 2.05) is 19.9 Å². The smallest absolute Gasteiger partial charge is 0.195 e. The normalized spacial score (nSPS) is 10.1. The molecule has 0 radical (unpaired) electrons. The van der Waals surface area contributed by atoms with Crippen LogP contribution < -0.4 is 0 Å². The molecule has 0 saturated carbocycles. The summed E-state index contributed by atoms with van der Waals surface area (Å²) < 4.78 is 5.29. The highest BCUT2D eigenvalue weighted by Gasteiger charge is 2.08. The number of phenols is 1. The average molecular weight is 196 g/mol. The van der Waals surface area contributed by atoms with Crippen molar-refractivity contribution >= 4 is 17.3 Å². The highest BCUT2D eigenvalue weighted by atomic mass is 32.1. The van der Waals surface area contributed by atoms with E-state index in [2.05, 4.69) is 0 Å². The van der Waals surface area contributed by atoms with Crippen LogP contribution >= 0.6 is 12.2 Å². The second-order valence-corrected chi connectivity index (χ2v) is 3.34. The summed E-state index contributed by atoms with van der Waals surface area (Å²) in [6.45, 7) is 3.79. The maximum Gasteiger partial charge on any atom is 0.195 e. The Hall–Kier alpha value is -1.09. The topological polar surface area (TPSA) is 29.5 Å². The first-order chi connectivity index (χ1) is 6.11. The van der Waals surface area contributed by atoms with Gasteiger partial charge in [-0.1, -0.05) is 12.1 Å². The molecule has 3 heteroatoms. The summed E-state index contributed by atoms with van der Waals surface area (Å²) in [5, 5.41) is 9.77. The predicted octanol–water partition coefficient (Wildman–Crippen LogP) is 2.49. The number of aromatic hydroxyl groups is 1. The van der Waals surface area contributed by atoms with E-state index < -0.39 is 0 Å². The van der Waals surface area contributed by atoms with Crippen LogP contribution in [0.25, 0.3) is 0 Å². The molecule has 1 aromatic rings. The quantitative estimate of drug-likeness (QED) is 0.737. The van der Waals surface area contributed by atoms with E-state index in [9.17, 15) is 5.11 Å². The van der Waals surface area contributed by atoms with Gasteiger partial charge in [-0.3, -0.25) is 0 Å². The lowest BCUT2D eigenvalue weighted by Gasteiger charge is -2.11. The maximum atomic E-state index is 9.43. The second-order valence-electron chi connectivity index (χ2n) is 2.97. The molecule has 0 bridgehead atoms. The summed E-state index contributed by atoms with van der Waals surface area (Å²) in [6.07, 6.45) is 0.0344. The van der Waals surface area contributed by atoms with Gasteiger partial charge in [-0.05, 0) is 38.2 Å². The van der Waals surface area contributed by atoms with Crippen LogP contribution in [0.15, 0.2) is 24.3 Å². The lowest BCUT2D eigenvalue weighted by Crippen LogP contribution is -2.10. The number of ether oxygens (including phenoxy) is 1. The maximum absolute atomic E-state index is 9.43. The van der Waals surface area contributed by atoms with Crippen molar-refractivity contribution in [2.45, 2.75) is 20.0 Å². The Balaban J connectivity index is 2.83. The minimum Gasteiger partial charge on any atom is -0.507 e.